The van der Waals surface area contributed by atoms with Gasteiger partial charge in [0.1, 0.15) is 17.6 Å². The van der Waals surface area contributed by atoms with E-state index in [1.165, 1.54) is 10.9 Å². The van der Waals surface area contributed by atoms with Crippen LogP contribution in [0.3, 0.4) is 0 Å². The van der Waals surface area contributed by atoms with Gasteiger partial charge in [-0.2, -0.15) is 0 Å². The van der Waals surface area contributed by atoms with Gasteiger partial charge in [-0.25, -0.2) is 4.98 Å². The number of rotatable bonds is 3. The molecule has 0 unspecified atom stereocenters. The van der Waals surface area contributed by atoms with E-state index >= 15 is 0 Å². The van der Waals surface area contributed by atoms with E-state index in [1.807, 2.05) is 30.3 Å². The van der Waals surface area contributed by atoms with Crippen molar-refractivity contribution in [1.82, 2.24) is 9.55 Å². The standard InChI is InChI=1S/C18H12BrN3O3/c19-11-5-7-12(8-6-11)21-15(23)9-22-10-20-16-13-3-1-2-4-14(13)25-17(16)18(22)24/h1-8,10H,9H2,(H,21,23). The van der Waals surface area contributed by atoms with E-state index < -0.39 is 0 Å². The van der Waals surface area contributed by atoms with E-state index in [0.717, 1.165) is 9.86 Å². The van der Waals surface area contributed by atoms with Crippen LogP contribution in [0.4, 0.5) is 5.69 Å². The van der Waals surface area contributed by atoms with Crippen molar-refractivity contribution in [3.05, 3.63) is 69.7 Å². The second kappa shape index (κ2) is 6.18. The predicted molar refractivity (Wildman–Crippen MR) is 98.5 cm³/mol. The van der Waals surface area contributed by atoms with Gasteiger partial charge in [-0.3, -0.25) is 14.2 Å². The summed E-state index contributed by atoms with van der Waals surface area (Å²) in [5, 5.41) is 3.52. The van der Waals surface area contributed by atoms with Crippen LogP contribution in [0.25, 0.3) is 22.1 Å². The summed E-state index contributed by atoms with van der Waals surface area (Å²) in [5.74, 6) is -0.318. The maximum atomic E-state index is 12.6. The molecule has 0 bridgehead atoms. The minimum Gasteiger partial charge on any atom is -0.448 e. The lowest BCUT2D eigenvalue weighted by atomic mass is 10.2. The average Bonchev–Trinajstić information content (AvgIpc) is 2.99. The number of fused-ring (bicyclic) bond motifs is 3. The van der Waals surface area contributed by atoms with Crippen molar-refractivity contribution in [2.75, 3.05) is 5.32 Å². The predicted octanol–water partition coefficient (Wildman–Crippen LogP) is 3.54. The number of hydrogen-bond acceptors (Lipinski definition) is 4. The van der Waals surface area contributed by atoms with Crippen LogP contribution in [0.5, 0.6) is 0 Å². The van der Waals surface area contributed by atoms with Crippen LogP contribution in [0.15, 0.2) is 68.5 Å². The molecule has 0 aliphatic rings. The Kier molecular flexibility index (Phi) is 3.85. The molecular weight excluding hydrogens is 386 g/mol. The maximum absolute atomic E-state index is 12.6. The van der Waals surface area contributed by atoms with Gasteiger partial charge in [0.2, 0.25) is 11.5 Å². The molecule has 0 saturated heterocycles. The lowest BCUT2D eigenvalue weighted by Crippen LogP contribution is -2.27. The third-order valence-electron chi connectivity index (χ3n) is 3.79. The fourth-order valence-electron chi connectivity index (χ4n) is 2.62. The number of halogens is 1. The van der Waals surface area contributed by atoms with Crippen molar-refractivity contribution in [3.8, 4) is 0 Å². The minimum atomic E-state index is -0.382. The van der Waals surface area contributed by atoms with Crippen LogP contribution in [-0.2, 0) is 11.3 Å². The van der Waals surface area contributed by atoms with Gasteiger partial charge in [0.15, 0.2) is 0 Å². The summed E-state index contributed by atoms with van der Waals surface area (Å²) < 4.78 is 7.76. The number of nitrogens with one attached hydrogen (secondary N) is 1. The number of benzene rings is 2. The summed E-state index contributed by atoms with van der Waals surface area (Å²) in [7, 11) is 0. The van der Waals surface area contributed by atoms with E-state index in [-0.39, 0.29) is 23.6 Å². The molecule has 0 saturated carbocycles. The Morgan fingerprint density at radius 1 is 1.16 bits per heavy atom. The molecule has 0 aliphatic carbocycles. The molecule has 0 aliphatic heterocycles. The lowest BCUT2D eigenvalue weighted by Gasteiger charge is -2.07. The number of carbonyl (C=O) groups is 1. The molecule has 25 heavy (non-hydrogen) atoms. The zero-order valence-corrected chi connectivity index (χ0v) is 14.5. The van der Waals surface area contributed by atoms with Crippen LogP contribution < -0.4 is 10.9 Å². The Morgan fingerprint density at radius 2 is 1.92 bits per heavy atom. The molecule has 4 aromatic rings. The number of para-hydroxylation sites is 1. The van der Waals surface area contributed by atoms with E-state index in [1.54, 1.807) is 18.2 Å². The summed E-state index contributed by atoms with van der Waals surface area (Å²) >= 11 is 3.34. The van der Waals surface area contributed by atoms with Crippen molar-refractivity contribution in [3.63, 3.8) is 0 Å². The van der Waals surface area contributed by atoms with E-state index in [0.29, 0.717) is 16.8 Å². The first-order valence-electron chi connectivity index (χ1n) is 7.54. The molecule has 124 valence electrons. The molecule has 2 aromatic heterocycles. The van der Waals surface area contributed by atoms with Gasteiger partial charge in [0.05, 0.1) is 6.33 Å². The summed E-state index contributed by atoms with van der Waals surface area (Å²) in [6.07, 6.45) is 1.37. The minimum absolute atomic E-state index is 0.144. The van der Waals surface area contributed by atoms with Gasteiger partial charge < -0.3 is 9.73 Å². The van der Waals surface area contributed by atoms with E-state index in [2.05, 4.69) is 26.2 Å². The van der Waals surface area contributed by atoms with Crippen LogP contribution >= 0.6 is 15.9 Å². The van der Waals surface area contributed by atoms with Gasteiger partial charge in [0.25, 0.3) is 5.56 Å². The highest BCUT2D eigenvalue weighted by atomic mass is 79.9. The Bertz CT molecular complexity index is 1150. The van der Waals surface area contributed by atoms with Gasteiger partial charge in [0, 0.05) is 15.5 Å². The van der Waals surface area contributed by atoms with Gasteiger partial charge >= 0.3 is 0 Å². The topological polar surface area (TPSA) is 77.1 Å². The molecule has 6 nitrogen and oxygen atoms in total. The number of anilines is 1. The average molecular weight is 398 g/mol. The Balaban J connectivity index is 1.64. The molecule has 4 rings (SSSR count). The third kappa shape index (κ3) is 2.94. The first-order chi connectivity index (χ1) is 12.1. The van der Waals surface area contributed by atoms with Crippen molar-refractivity contribution in [1.29, 1.82) is 0 Å². The molecule has 2 aromatic carbocycles. The number of nitrogens with zero attached hydrogens (tertiary/aromatic N) is 2. The van der Waals surface area contributed by atoms with E-state index in [9.17, 15) is 9.59 Å². The summed E-state index contributed by atoms with van der Waals surface area (Å²) in [6.45, 7) is -0.144. The first-order valence-corrected chi connectivity index (χ1v) is 8.33. The van der Waals surface area contributed by atoms with Crippen molar-refractivity contribution in [2.24, 2.45) is 0 Å². The third-order valence-corrected chi connectivity index (χ3v) is 4.32. The SMILES string of the molecule is O=C(Cn1cnc2c(oc3ccccc32)c1=O)Nc1ccc(Br)cc1. The molecule has 2 heterocycles. The van der Waals surface area contributed by atoms with E-state index in [4.69, 9.17) is 4.42 Å². The Hall–Kier alpha value is -2.93. The molecule has 1 N–H and O–H groups in total. The largest absolute Gasteiger partial charge is 0.448 e. The highest BCUT2D eigenvalue weighted by Crippen LogP contribution is 2.24. The lowest BCUT2D eigenvalue weighted by molar-refractivity contribution is -0.116. The highest BCUT2D eigenvalue weighted by Gasteiger charge is 2.14. The number of aromatic nitrogens is 2. The smallest absolute Gasteiger partial charge is 0.297 e. The van der Waals surface area contributed by atoms with Crippen molar-refractivity contribution >= 4 is 49.6 Å². The number of furan rings is 1. The number of carbonyl (C=O) groups excluding carboxylic acids is 1. The molecule has 0 fully saturated rings. The maximum Gasteiger partial charge on any atom is 0.297 e. The Morgan fingerprint density at radius 3 is 2.72 bits per heavy atom. The quantitative estimate of drug-likeness (QED) is 0.573. The number of hydrogen-bond donors (Lipinski definition) is 1. The summed E-state index contributed by atoms with van der Waals surface area (Å²) in [6, 6.07) is 14.5. The fourth-order valence-corrected chi connectivity index (χ4v) is 2.88. The summed E-state index contributed by atoms with van der Waals surface area (Å²) in [5.41, 5.74) is 1.52. The normalized spacial score (nSPS) is 11.1. The number of amides is 1. The second-order valence-corrected chi connectivity index (χ2v) is 6.42. The molecule has 1 amide bonds. The first kappa shape index (κ1) is 15.6. The van der Waals surface area contributed by atoms with Crippen LogP contribution in [-0.4, -0.2) is 15.5 Å². The molecule has 0 radical (unpaired) electrons. The molecule has 7 heteroatoms. The van der Waals surface area contributed by atoms with Crippen molar-refractivity contribution < 1.29 is 9.21 Å². The monoisotopic (exact) mass is 397 g/mol. The fraction of sp³-hybridized carbons (Fsp3) is 0.0556. The van der Waals surface area contributed by atoms with Crippen LogP contribution in [0.1, 0.15) is 0 Å². The molecule has 0 spiro atoms. The van der Waals surface area contributed by atoms with Crippen LogP contribution in [0, 0.1) is 0 Å². The molecular formula is C18H12BrN3O3. The van der Waals surface area contributed by atoms with Gasteiger partial charge in [-0.15, -0.1) is 0 Å². The van der Waals surface area contributed by atoms with Crippen LogP contribution in [0.2, 0.25) is 0 Å². The highest BCUT2D eigenvalue weighted by molar-refractivity contribution is 9.10. The Labute approximate surface area is 150 Å². The van der Waals surface area contributed by atoms with Gasteiger partial charge in [-0.1, -0.05) is 28.1 Å². The zero-order valence-electron chi connectivity index (χ0n) is 12.9. The second-order valence-electron chi connectivity index (χ2n) is 5.51. The zero-order chi connectivity index (χ0) is 17.4. The molecule has 0 atom stereocenters. The van der Waals surface area contributed by atoms with Gasteiger partial charge in [-0.05, 0) is 36.4 Å². The summed E-state index contributed by atoms with van der Waals surface area (Å²) in [4.78, 5) is 29.0. The van der Waals surface area contributed by atoms with Crippen molar-refractivity contribution in [2.45, 2.75) is 6.54 Å².